The van der Waals surface area contributed by atoms with Gasteiger partial charge >= 0.3 is 0 Å². The summed E-state index contributed by atoms with van der Waals surface area (Å²) in [5, 5.41) is 10.9. The summed E-state index contributed by atoms with van der Waals surface area (Å²) in [4.78, 5) is 11.0. The molecule has 0 bridgehead atoms. The lowest BCUT2D eigenvalue weighted by atomic mass is 9.79. The molecule has 6 heteroatoms. The molecule has 0 aromatic heterocycles. The number of allylic oxidation sites excluding steroid dienone is 1. The minimum Gasteiger partial charge on any atom is -0.392 e. The van der Waals surface area contributed by atoms with Crippen molar-refractivity contribution in [3.8, 4) is 0 Å². The zero-order valence-corrected chi connectivity index (χ0v) is 24.7. The third-order valence-corrected chi connectivity index (χ3v) is 8.63. The van der Waals surface area contributed by atoms with Crippen LogP contribution in [-0.2, 0) is 23.7 Å². The summed E-state index contributed by atoms with van der Waals surface area (Å²) < 4.78 is 25.0. The molecule has 3 aliphatic heterocycles. The quantitative estimate of drug-likeness (QED) is 0.256. The van der Waals surface area contributed by atoms with Crippen molar-refractivity contribution in [1.82, 2.24) is 0 Å². The average molecular weight is 553 g/mol. The van der Waals surface area contributed by atoms with E-state index in [1.54, 1.807) is 0 Å². The number of carbonyl (C=O) groups excluding carboxylic acids is 1. The fourth-order valence-corrected chi connectivity index (χ4v) is 6.40. The first-order valence-corrected chi connectivity index (χ1v) is 15.1. The average Bonchev–Trinajstić information content (AvgIpc) is 2.93. The van der Waals surface area contributed by atoms with Crippen molar-refractivity contribution in [2.45, 2.75) is 116 Å². The predicted molar refractivity (Wildman–Crippen MR) is 158 cm³/mol. The van der Waals surface area contributed by atoms with Crippen molar-refractivity contribution in [2.24, 2.45) is 11.8 Å². The lowest BCUT2D eigenvalue weighted by Crippen LogP contribution is -2.49. The van der Waals surface area contributed by atoms with Crippen molar-refractivity contribution < 1.29 is 28.8 Å². The van der Waals surface area contributed by atoms with E-state index in [2.05, 4.69) is 64.6 Å². The number of ether oxygens (including phenoxy) is 4. The van der Waals surface area contributed by atoms with Crippen molar-refractivity contribution in [2.75, 3.05) is 6.61 Å². The van der Waals surface area contributed by atoms with Gasteiger partial charge in [0.2, 0.25) is 0 Å². The van der Waals surface area contributed by atoms with Gasteiger partial charge in [-0.15, -0.1) is 0 Å². The van der Waals surface area contributed by atoms with Gasteiger partial charge in [-0.25, -0.2) is 0 Å². The van der Waals surface area contributed by atoms with E-state index in [9.17, 15) is 9.90 Å². The maximum Gasteiger partial charge on any atom is 0.184 e. The van der Waals surface area contributed by atoms with Crippen LogP contribution in [0.5, 0.6) is 0 Å². The van der Waals surface area contributed by atoms with Crippen molar-refractivity contribution in [3.05, 3.63) is 65.3 Å². The number of rotatable bonds is 10. The fraction of sp³-hybridized carbons (Fsp3) is 0.618. The minimum absolute atomic E-state index is 0.0240. The largest absolute Gasteiger partial charge is 0.392 e. The number of hydrogen-bond acceptors (Lipinski definition) is 6. The highest BCUT2D eigenvalue weighted by Gasteiger charge is 2.40. The zero-order chi connectivity index (χ0) is 28.6. The molecule has 3 aliphatic rings. The second-order valence-corrected chi connectivity index (χ2v) is 11.9. The highest BCUT2D eigenvalue weighted by atomic mass is 16.7. The van der Waals surface area contributed by atoms with Gasteiger partial charge in [0.1, 0.15) is 6.29 Å². The molecule has 1 N–H and O–H groups in total. The Morgan fingerprint density at radius 3 is 2.65 bits per heavy atom. The van der Waals surface area contributed by atoms with Gasteiger partial charge in [-0.3, -0.25) is 0 Å². The maximum atomic E-state index is 11.0. The highest BCUT2D eigenvalue weighted by molar-refractivity contribution is 5.51. The Morgan fingerprint density at radius 1 is 1.07 bits per heavy atom. The number of benzene rings is 1. The molecule has 1 aromatic carbocycles. The van der Waals surface area contributed by atoms with Crippen molar-refractivity contribution in [3.63, 3.8) is 0 Å². The Hall–Kier alpha value is -2.09. The molecule has 3 fully saturated rings. The van der Waals surface area contributed by atoms with E-state index in [1.165, 1.54) is 5.57 Å². The van der Waals surface area contributed by atoms with Crippen LogP contribution in [0.3, 0.4) is 0 Å². The van der Waals surface area contributed by atoms with Gasteiger partial charge in [-0.2, -0.15) is 0 Å². The highest BCUT2D eigenvalue weighted by Crippen LogP contribution is 2.36. The second-order valence-electron chi connectivity index (χ2n) is 11.9. The lowest BCUT2D eigenvalue weighted by Gasteiger charge is -2.43. The van der Waals surface area contributed by atoms with Crippen LogP contribution >= 0.6 is 0 Å². The first-order chi connectivity index (χ1) is 19.3. The van der Waals surface area contributed by atoms with Gasteiger partial charge in [0.15, 0.2) is 6.29 Å². The van der Waals surface area contributed by atoms with E-state index in [4.69, 9.17) is 18.9 Å². The van der Waals surface area contributed by atoms with Crippen LogP contribution in [0.2, 0.25) is 0 Å². The Bertz CT molecular complexity index is 1050. The lowest BCUT2D eigenvalue weighted by molar-refractivity contribution is -0.225. The van der Waals surface area contributed by atoms with E-state index in [0.717, 1.165) is 61.5 Å². The standard InChI is InChI=1S/C34H48O6/c1-6-9-23(3)33-25(5)32(36)24(4)31(40-33)13-8-11-26-10-7-12-27(20-26)34-37-17-15-29(39-34)21-30-19-22(2)18-28(38-30)14-16-35/h7-12,16,20,24-25,28-34,36H,2,6,13-15,17-19,21H2,1,3-5H3. The van der Waals surface area contributed by atoms with Gasteiger partial charge in [-0.1, -0.05) is 69.4 Å². The maximum absolute atomic E-state index is 11.0. The Kier molecular flexibility index (Phi) is 11.3. The first-order valence-electron chi connectivity index (χ1n) is 15.1. The second kappa shape index (κ2) is 14.7. The summed E-state index contributed by atoms with van der Waals surface area (Å²) in [6.45, 7) is 13.2. The molecule has 6 nitrogen and oxygen atoms in total. The normalized spacial score (nSPS) is 35.7. The van der Waals surface area contributed by atoms with E-state index in [0.29, 0.717) is 13.0 Å². The summed E-state index contributed by atoms with van der Waals surface area (Å²) in [5.41, 5.74) is 4.42. The predicted octanol–water partition coefficient (Wildman–Crippen LogP) is 6.73. The number of aliphatic hydroxyl groups is 1. The molecule has 4 rings (SSSR count). The molecule has 0 radical (unpaired) electrons. The number of hydrogen-bond donors (Lipinski definition) is 1. The van der Waals surface area contributed by atoms with E-state index in [1.807, 2.05) is 12.1 Å². The molecule has 40 heavy (non-hydrogen) atoms. The van der Waals surface area contributed by atoms with Gasteiger partial charge in [-0.05, 0) is 56.2 Å². The molecule has 3 heterocycles. The zero-order valence-electron chi connectivity index (χ0n) is 24.7. The third kappa shape index (κ3) is 8.01. The molecule has 0 saturated carbocycles. The number of carbonyl (C=O) groups is 1. The van der Waals surface area contributed by atoms with Crippen molar-refractivity contribution >= 4 is 12.4 Å². The van der Waals surface area contributed by atoms with Gasteiger partial charge < -0.3 is 28.8 Å². The summed E-state index contributed by atoms with van der Waals surface area (Å²) in [6.07, 6.45) is 11.8. The minimum atomic E-state index is -0.419. The Labute approximate surface area is 240 Å². The van der Waals surface area contributed by atoms with E-state index < -0.39 is 6.29 Å². The molecular weight excluding hydrogens is 504 g/mol. The number of aldehydes is 1. The summed E-state index contributed by atoms with van der Waals surface area (Å²) in [7, 11) is 0. The topological polar surface area (TPSA) is 74.2 Å². The molecule has 0 amide bonds. The van der Waals surface area contributed by atoms with E-state index >= 15 is 0 Å². The molecule has 3 saturated heterocycles. The first kappa shape index (κ1) is 30.9. The van der Waals surface area contributed by atoms with Gasteiger partial charge in [0.05, 0.1) is 43.2 Å². The van der Waals surface area contributed by atoms with Crippen LogP contribution < -0.4 is 0 Å². The smallest absolute Gasteiger partial charge is 0.184 e. The van der Waals surface area contributed by atoms with Crippen molar-refractivity contribution in [1.29, 1.82) is 0 Å². The molecular formula is C34H48O6. The van der Waals surface area contributed by atoms with Crippen LogP contribution in [-0.4, -0.2) is 54.6 Å². The van der Waals surface area contributed by atoms with E-state index in [-0.39, 0.29) is 48.5 Å². The third-order valence-electron chi connectivity index (χ3n) is 8.63. The number of aliphatic hydroxyl groups excluding tert-OH is 1. The molecule has 0 aliphatic carbocycles. The Morgan fingerprint density at radius 2 is 1.88 bits per heavy atom. The summed E-state index contributed by atoms with van der Waals surface area (Å²) in [5.74, 6) is 0.145. The van der Waals surface area contributed by atoms with Crippen LogP contribution in [0.15, 0.2) is 54.1 Å². The molecule has 9 unspecified atom stereocenters. The molecule has 9 atom stereocenters. The van der Waals surface area contributed by atoms with Crippen LogP contribution in [0.1, 0.15) is 90.1 Å². The Balaban J connectivity index is 1.34. The molecule has 220 valence electrons. The van der Waals surface area contributed by atoms with Crippen LogP contribution in [0, 0.1) is 11.8 Å². The summed E-state index contributed by atoms with van der Waals surface area (Å²) >= 11 is 0. The van der Waals surface area contributed by atoms with Gasteiger partial charge in [0.25, 0.3) is 0 Å². The monoisotopic (exact) mass is 552 g/mol. The van der Waals surface area contributed by atoms with Crippen LogP contribution in [0.4, 0.5) is 0 Å². The molecule has 1 aromatic rings. The molecule has 0 spiro atoms. The van der Waals surface area contributed by atoms with Crippen LogP contribution in [0.25, 0.3) is 6.08 Å². The fourth-order valence-electron chi connectivity index (χ4n) is 6.40. The SMILES string of the molecule is C=C1CC(CC=O)OC(CC2CCOC(c3cccc(C=CCC4OC(C(C)=CCC)C(C)C(O)C4C)c3)O2)C1. The van der Waals surface area contributed by atoms with Gasteiger partial charge in [0, 0.05) is 30.2 Å². The summed E-state index contributed by atoms with van der Waals surface area (Å²) in [6, 6.07) is 8.26.